The minimum absolute atomic E-state index is 0.0723. The number of benzene rings is 1. The Labute approximate surface area is 179 Å². The van der Waals surface area contributed by atoms with Crippen molar-refractivity contribution in [2.45, 2.75) is 39.3 Å². The maximum absolute atomic E-state index is 12.7. The van der Waals surface area contributed by atoms with Crippen LogP contribution in [0.25, 0.3) is 11.2 Å². The summed E-state index contributed by atoms with van der Waals surface area (Å²) in [7, 11) is 1.58. The van der Waals surface area contributed by atoms with Crippen molar-refractivity contribution in [3.63, 3.8) is 0 Å². The number of aromatic nitrogens is 4. The lowest BCUT2D eigenvalue weighted by molar-refractivity contribution is 0.0935. The first-order valence-electron chi connectivity index (χ1n) is 10.7. The summed E-state index contributed by atoms with van der Waals surface area (Å²) in [5.41, 5.74) is 0.709. The molecular formula is C22H29N5O4. The van der Waals surface area contributed by atoms with Gasteiger partial charge in [-0.2, -0.15) is 4.98 Å². The van der Waals surface area contributed by atoms with Crippen LogP contribution in [0.4, 0.5) is 5.95 Å². The number of fused-ring (bicyclic) bond motifs is 1. The molecule has 0 spiro atoms. The molecule has 1 unspecified atom stereocenters. The number of aliphatic hydroxyl groups is 1. The monoisotopic (exact) mass is 427 g/mol. The van der Waals surface area contributed by atoms with Crippen LogP contribution in [0.15, 0.2) is 33.9 Å². The Morgan fingerprint density at radius 3 is 2.58 bits per heavy atom. The van der Waals surface area contributed by atoms with Crippen molar-refractivity contribution in [2.75, 3.05) is 24.6 Å². The second kappa shape index (κ2) is 8.58. The van der Waals surface area contributed by atoms with E-state index in [0.29, 0.717) is 23.3 Å². The van der Waals surface area contributed by atoms with Gasteiger partial charge in [0.1, 0.15) is 18.5 Å². The first kappa shape index (κ1) is 21.2. The molecule has 1 aliphatic rings. The molecule has 0 bridgehead atoms. The molecule has 2 aromatic heterocycles. The fourth-order valence-corrected chi connectivity index (χ4v) is 3.94. The van der Waals surface area contributed by atoms with Crippen LogP contribution in [-0.4, -0.2) is 50.0 Å². The number of ether oxygens (including phenoxy) is 1. The number of hydrogen-bond acceptors (Lipinski definition) is 6. The number of anilines is 1. The summed E-state index contributed by atoms with van der Waals surface area (Å²) in [4.78, 5) is 33.8. The van der Waals surface area contributed by atoms with E-state index in [4.69, 9.17) is 4.74 Å². The second-order valence-electron chi connectivity index (χ2n) is 8.46. The molecule has 2 N–H and O–H groups in total. The van der Waals surface area contributed by atoms with Crippen molar-refractivity contribution in [3.8, 4) is 5.75 Å². The fraction of sp³-hybridized carbons (Fsp3) is 0.500. The van der Waals surface area contributed by atoms with Gasteiger partial charge in [-0.25, -0.2) is 4.79 Å². The Morgan fingerprint density at radius 1 is 1.23 bits per heavy atom. The number of aromatic amines is 1. The summed E-state index contributed by atoms with van der Waals surface area (Å²) < 4.78 is 8.76. The highest BCUT2D eigenvalue weighted by Crippen LogP contribution is 2.25. The predicted octanol–water partition coefficient (Wildman–Crippen LogP) is 1.41. The molecule has 1 aliphatic heterocycles. The Balaban J connectivity index is 1.65. The van der Waals surface area contributed by atoms with Crippen molar-refractivity contribution < 1.29 is 9.84 Å². The number of imidazole rings is 1. The summed E-state index contributed by atoms with van der Waals surface area (Å²) >= 11 is 0. The van der Waals surface area contributed by atoms with Gasteiger partial charge in [0.15, 0.2) is 11.2 Å². The summed E-state index contributed by atoms with van der Waals surface area (Å²) in [6.45, 7) is 6.05. The molecule has 0 radical (unpaired) electrons. The van der Waals surface area contributed by atoms with Crippen LogP contribution >= 0.6 is 0 Å². The normalized spacial score (nSPS) is 16.1. The highest BCUT2D eigenvalue weighted by Gasteiger charge is 2.25. The van der Waals surface area contributed by atoms with Crippen LogP contribution in [0.1, 0.15) is 25.3 Å². The van der Waals surface area contributed by atoms with Gasteiger partial charge in [-0.1, -0.05) is 24.6 Å². The summed E-state index contributed by atoms with van der Waals surface area (Å²) in [5, 5.41) is 10.7. The molecule has 0 amide bonds. The molecule has 4 rings (SSSR count). The van der Waals surface area contributed by atoms with Gasteiger partial charge < -0.3 is 19.3 Å². The van der Waals surface area contributed by atoms with Crippen molar-refractivity contribution in [3.05, 3.63) is 50.7 Å². The predicted molar refractivity (Wildman–Crippen MR) is 119 cm³/mol. The third kappa shape index (κ3) is 4.36. The molecule has 31 heavy (non-hydrogen) atoms. The maximum Gasteiger partial charge on any atom is 0.329 e. The zero-order valence-corrected chi connectivity index (χ0v) is 18.2. The van der Waals surface area contributed by atoms with E-state index in [1.54, 1.807) is 11.6 Å². The van der Waals surface area contributed by atoms with Gasteiger partial charge in [-0.05, 0) is 37.8 Å². The largest absolute Gasteiger partial charge is 0.491 e. The summed E-state index contributed by atoms with van der Waals surface area (Å²) in [5.74, 6) is 1.91. The average molecular weight is 428 g/mol. The molecule has 1 atom stereocenters. The third-order valence-corrected chi connectivity index (χ3v) is 5.91. The van der Waals surface area contributed by atoms with Gasteiger partial charge in [0.25, 0.3) is 5.56 Å². The molecule has 1 fully saturated rings. The molecule has 0 saturated carbocycles. The van der Waals surface area contributed by atoms with Gasteiger partial charge in [-0.15, -0.1) is 0 Å². The summed E-state index contributed by atoms with van der Waals surface area (Å²) in [6.07, 6.45) is 1.19. The minimum atomic E-state index is -0.863. The van der Waals surface area contributed by atoms with Crippen molar-refractivity contribution >= 4 is 17.1 Å². The lowest BCUT2D eigenvalue weighted by Crippen LogP contribution is -2.36. The van der Waals surface area contributed by atoms with Gasteiger partial charge in [0.05, 0.1) is 6.54 Å². The van der Waals surface area contributed by atoms with E-state index >= 15 is 0 Å². The van der Waals surface area contributed by atoms with E-state index in [1.807, 2.05) is 31.2 Å². The zero-order chi connectivity index (χ0) is 22.1. The number of rotatable bonds is 6. The topological polar surface area (TPSA) is 105 Å². The van der Waals surface area contributed by atoms with E-state index in [2.05, 4.69) is 21.8 Å². The number of aliphatic hydroxyl groups excluding tert-OH is 1. The minimum Gasteiger partial charge on any atom is -0.491 e. The van der Waals surface area contributed by atoms with Gasteiger partial charge >= 0.3 is 5.69 Å². The molecule has 166 valence electrons. The van der Waals surface area contributed by atoms with Crippen molar-refractivity contribution in [1.29, 1.82) is 0 Å². The number of H-pyrrole nitrogens is 1. The first-order chi connectivity index (χ1) is 14.8. The quantitative estimate of drug-likeness (QED) is 0.616. The van der Waals surface area contributed by atoms with Gasteiger partial charge in [0.2, 0.25) is 5.95 Å². The zero-order valence-electron chi connectivity index (χ0n) is 18.2. The summed E-state index contributed by atoms with van der Waals surface area (Å²) in [6, 6.07) is 7.60. The van der Waals surface area contributed by atoms with E-state index in [9.17, 15) is 14.7 Å². The van der Waals surface area contributed by atoms with Crippen LogP contribution in [0.3, 0.4) is 0 Å². The Morgan fingerprint density at radius 2 is 1.90 bits per heavy atom. The standard InChI is InChI=1S/C22H29N5O4/c1-14-4-6-17(7-5-14)31-13-16(28)12-27-18-19(25(3)22(30)24-20(18)29)23-21(27)26-10-8-15(2)9-11-26/h4-7,15-16,28H,8-13H2,1-3H3,(H,24,29,30). The van der Waals surface area contributed by atoms with E-state index in [-0.39, 0.29) is 18.7 Å². The Kier molecular flexibility index (Phi) is 5.86. The lowest BCUT2D eigenvalue weighted by Gasteiger charge is -2.31. The van der Waals surface area contributed by atoms with Crippen molar-refractivity contribution in [2.24, 2.45) is 13.0 Å². The van der Waals surface area contributed by atoms with Crippen LogP contribution in [0, 0.1) is 12.8 Å². The van der Waals surface area contributed by atoms with Crippen LogP contribution in [0.5, 0.6) is 5.75 Å². The SMILES string of the molecule is Cc1ccc(OCC(O)Cn2c(N3CCC(C)CC3)nc3c2c(=O)[nH]c(=O)n3C)cc1. The highest BCUT2D eigenvalue weighted by molar-refractivity contribution is 5.74. The van der Waals surface area contributed by atoms with Crippen LogP contribution in [0.2, 0.25) is 0 Å². The number of nitrogens with one attached hydrogen (secondary N) is 1. The van der Waals surface area contributed by atoms with Gasteiger partial charge in [-0.3, -0.25) is 14.3 Å². The molecule has 1 saturated heterocycles. The number of piperidine rings is 1. The number of hydrogen-bond donors (Lipinski definition) is 2. The molecule has 3 aromatic rings. The smallest absolute Gasteiger partial charge is 0.329 e. The van der Waals surface area contributed by atoms with Crippen molar-refractivity contribution in [1.82, 2.24) is 19.1 Å². The third-order valence-electron chi connectivity index (χ3n) is 5.91. The fourth-order valence-electron chi connectivity index (χ4n) is 3.94. The molecule has 9 heteroatoms. The molecule has 0 aliphatic carbocycles. The number of nitrogens with zero attached hydrogens (tertiary/aromatic N) is 4. The lowest BCUT2D eigenvalue weighted by atomic mass is 10.00. The van der Waals surface area contributed by atoms with E-state index in [1.165, 1.54) is 4.57 Å². The molecular weight excluding hydrogens is 398 g/mol. The number of aryl methyl sites for hydroxylation is 2. The Bertz CT molecular complexity index is 1170. The molecule has 9 nitrogen and oxygen atoms in total. The Hall–Kier alpha value is -3.07. The van der Waals surface area contributed by atoms with Crippen LogP contribution in [-0.2, 0) is 13.6 Å². The highest BCUT2D eigenvalue weighted by atomic mass is 16.5. The van der Waals surface area contributed by atoms with Crippen LogP contribution < -0.4 is 20.9 Å². The van der Waals surface area contributed by atoms with Gasteiger partial charge in [0, 0.05) is 20.1 Å². The molecule has 3 heterocycles. The molecule has 1 aromatic carbocycles. The second-order valence-corrected chi connectivity index (χ2v) is 8.46. The van der Waals surface area contributed by atoms with E-state index < -0.39 is 17.4 Å². The average Bonchev–Trinajstić information content (AvgIpc) is 3.12. The van der Waals surface area contributed by atoms with E-state index in [0.717, 1.165) is 31.5 Å². The first-order valence-corrected chi connectivity index (χ1v) is 10.7. The maximum atomic E-state index is 12.7.